The Kier molecular flexibility index (Phi) is 6.75. The van der Waals surface area contributed by atoms with Gasteiger partial charge in [0.1, 0.15) is 11.6 Å². The second-order valence-electron chi connectivity index (χ2n) is 7.48. The summed E-state index contributed by atoms with van der Waals surface area (Å²) >= 11 is 6.03. The van der Waals surface area contributed by atoms with E-state index in [2.05, 4.69) is 10.3 Å². The lowest BCUT2D eigenvalue weighted by molar-refractivity contribution is -0.140. The number of benzene rings is 1. The van der Waals surface area contributed by atoms with Crippen molar-refractivity contribution in [2.45, 2.75) is 39.7 Å². The normalized spacial score (nSPS) is 15.7. The van der Waals surface area contributed by atoms with Gasteiger partial charge in [0.05, 0.1) is 0 Å². The molecule has 29 heavy (non-hydrogen) atoms. The minimum absolute atomic E-state index is 0.0452. The monoisotopic (exact) mass is 415 g/mol. The highest BCUT2D eigenvalue weighted by atomic mass is 35.5. The number of hydrogen-bond acceptors (Lipinski definition) is 4. The van der Waals surface area contributed by atoms with Crippen molar-refractivity contribution in [1.29, 1.82) is 0 Å². The third kappa shape index (κ3) is 5.48. The number of nitrogens with one attached hydrogen (secondary N) is 1. The van der Waals surface area contributed by atoms with Crippen molar-refractivity contribution in [3.63, 3.8) is 0 Å². The Morgan fingerprint density at radius 2 is 1.93 bits per heavy atom. The minimum atomic E-state index is -0.600. The van der Waals surface area contributed by atoms with Gasteiger partial charge in [-0.1, -0.05) is 11.6 Å². The maximum atomic E-state index is 12.7. The molecule has 0 spiro atoms. The van der Waals surface area contributed by atoms with E-state index in [1.807, 2.05) is 32.0 Å². The van der Waals surface area contributed by atoms with Crippen LogP contribution in [-0.4, -0.2) is 40.9 Å². The van der Waals surface area contributed by atoms with Crippen LogP contribution in [0.1, 0.15) is 30.9 Å². The molecule has 2 amide bonds. The first-order valence-electron chi connectivity index (χ1n) is 9.78. The number of pyridine rings is 1. The quantitative estimate of drug-likeness (QED) is 0.801. The van der Waals surface area contributed by atoms with Gasteiger partial charge in [-0.05, 0) is 75.1 Å². The molecule has 2 aromatic rings. The number of amides is 2. The number of carbonyl (C=O) groups is 2. The number of piperidine rings is 1. The van der Waals surface area contributed by atoms with Gasteiger partial charge in [0, 0.05) is 30.2 Å². The zero-order chi connectivity index (χ0) is 21.0. The fraction of sp³-hybridized carbons (Fsp3) is 0.409. The lowest BCUT2D eigenvalue weighted by atomic mass is 9.95. The molecule has 0 bridgehead atoms. The number of aromatic nitrogens is 1. The van der Waals surface area contributed by atoms with Crippen LogP contribution < -0.4 is 10.1 Å². The predicted octanol–water partition coefficient (Wildman–Crippen LogP) is 4.00. The number of ether oxygens (including phenoxy) is 1. The van der Waals surface area contributed by atoms with Crippen LogP contribution in [0.2, 0.25) is 5.02 Å². The first kappa shape index (κ1) is 21.1. The van der Waals surface area contributed by atoms with Gasteiger partial charge in [0.25, 0.3) is 5.91 Å². The van der Waals surface area contributed by atoms with E-state index in [1.54, 1.807) is 30.2 Å². The van der Waals surface area contributed by atoms with Crippen LogP contribution in [0, 0.1) is 19.8 Å². The number of rotatable bonds is 5. The van der Waals surface area contributed by atoms with E-state index in [-0.39, 0.29) is 17.7 Å². The number of nitrogens with zero attached hydrogens (tertiary/aromatic N) is 2. The van der Waals surface area contributed by atoms with E-state index in [0.29, 0.717) is 42.5 Å². The van der Waals surface area contributed by atoms with Gasteiger partial charge in [-0.25, -0.2) is 4.98 Å². The average Bonchev–Trinajstić information content (AvgIpc) is 2.70. The third-order valence-corrected chi connectivity index (χ3v) is 5.56. The Balaban J connectivity index is 1.50. The Morgan fingerprint density at radius 1 is 1.21 bits per heavy atom. The molecule has 2 heterocycles. The molecule has 0 aliphatic carbocycles. The molecule has 1 fully saturated rings. The van der Waals surface area contributed by atoms with Crippen molar-refractivity contribution in [3.05, 3.63) is 52.7 Å². The van der Waals surface area contributed by atoms with Crippen LogP contribution in [0.15, 0.2) is 36.5 Å². The summed E-state index contributed by atoms with van der Waals surface area (Å²) in [5.41, 5.74) is 1.94. The van der Waals surface area contributed by atoms with Gasteiger partial charge in [-0.3, -0.25) is 9.59 Å². The first-order valence-corrected chi connectivity index (χ1v) is 10.2. The highest BCUT2D eigenvalue weighted by molar-refractivity contribution is 6.31. The molecule has 1 aliphatic rings. The lowest BCUT2D eigenvalue weighted by Crippen LogP contribution is -2.46. The van der Waals surface area contributed by atoms with E-state index in [1.165, 1.54) is 0 Å². The Bertz CT molecular complexity index is 895. The van der Waals surface area contributed by atoms with Gasteiger partial charge < -0.3 is 15.0 Å². The van der Waals surface area contributed by atoms with E-state index in [4.69, 9.17) is 16.3 Å². The molecule has 6 nitrogen and oxygen atoms in total. The Hall–Kier alpha value is -2.60. The third-order valence-electron chi connectivity index (χ3n) is 5.13. The molecule has 1 atom stereocenters. The topological polar surface area (TPSA) is 71.5 Å². The summed E-state index contributed by atoms with van der Waals surface area (Å²) in [5, 5.41) is 3.54. The Morgan fingerprint density at radius 3 is 2.59 bits per heavy atom. The largest absolute Gasteiger partial charge is 0.481 e. The predicted molar refractivity (Wildman–Crippen MR) is 113 cm³/mol. The van der Waals surface area contributed by atoms with Crippen LogP contribution in [-0.2, 0) is 9.59 Å². The molecular formula is C22H26ClN3O3. The maximum Gasteiger partial charge on any atom is 0.263 e. The molecule has 1 N–H and O–H groups in total. The maximum absolute atomic E-state index is 12.7. The van der Waals surface area contributed by atoms with Gasteiger partial charge >= 0.3 is 0 Å². The van der Waals surface area contributed by atoms with Crippen LogP contribution in [0.5, 0.6) is 5.75 Å². The summed E-state index contributed by atoms with van der Waals surface area (Å²) in [6, 6.07) is 9.07. The van der Waals surface area contributed by atoms with Gasteiger partial charge in [0.15, 0.2) is 6.10 Å². The van der Waals surface area contributed by atoms with Gasteiger partial charge in [-0.15, -0.1) is 0 Å². The standard InChI is InChI=1S/C22H26ClN3O3/c1-14-6-9-24-20(12-14)25-21(27)17-7-10-26(11-8-17)22(28)16(3)29-18-4-5-19(23)15(2)13-18/h4-6,9,12-13,16-17H,7-8,10-11H2,1-3H3,(H,24,25,27). The summed E-state index contributed by atoms with van der Waals surface area (Å²) in [4.78, 5) is 31.2. The van der Waals surface area contributed by atoms with Crippen LogP contribution in [0.3, 0.4) is 0 Å². The van der Waals surface area contributed by atoms with Crippen LogP contribution >= 0.6 is 11.6 Å². The zero-order valence-electron chi connectivity index (χ0n) is 16.9. The molecule has 0 saturated carbocycles. The smallest absolute Gasteiger partial charge is 0.263 e. The minimum Gasteiger partial charge on any atom is -0.481 e. The van der Waals surface area contributed by atoms with Crippen molar-refractivity contribution in [1.82, 2.24) is 9.88 Å². The summed E-state index contributed by atoms with van der Waals surface area (Å²) in [5.74, 6) is 0.936. The zero-order valence-corrected chi connectivity index (χ0v) is 17.7. The molecule has 1 aliphatic heterocycles. The molecule has 1 saturated heterocycles. The summed E-state index contributed by atoms with van der Waals surface area (Å²) in [6.45, 7) is 6.66. The highest BCUT2D eigenvalue weighted by Gasteiger charge is 2.30. The van der Waals surface area contributed by atoms with Crippen LogP contribution in [0.4, 0.5) is 5.82 Å². The SMILES string of the molecule is Cc1ccnc(NC(=O)C2CCN(C(=O)C(C)Oc3ccc(Cl)c(C)c3)CC2)c1. The molecule has 1 unspecified atom stereocenters. The molecule has 1 aromatic heterocycles. The molecule has 1 aromatic carbocycles. The molecule has 7 heteroatoms. The van der Waals surface area contributed by atoms with Crippen molar-refractivity contribution in [2.75, 3.05) is 18.4 Å². The van der Waals surface area contributed by atoms with Crippen molar-refractivity contribution >= 4 is 29.2 Å². The number of likely N-dealkylation sites (tertiary alicyclic amines) is 1. The number of carbonyl (C=O) groups excluding carboxylic acids is 2. The van der Waals surface area contributed by atoms with E-state index in [0.717, 1.165) is 11.1 Å². The highest BCUT2D eigenvalue weighted by Crippen LogP contribution is 2.24. The van der Waals surface area contributed by atoms with E-state index in [9.17, 15) is 9.59 Å². The number of hydrogen-bond donors (Lipinski definition) is 1. The molecular weight excluding hydrogens is 390 g/mol. The second-order valence-corrected chi connectivity index (χ2v) is 7.89. The summed E-state index contributed by atoms with van der Waals surface area (Å²) in [7, 11) is 0. The lowest BCUT2D eigenvalue weighted by Gasteiger charge is -2.33. The molecule has 0 radical (unpaired) electrons. The van der Waals surface area contributed by atoms with Crippen molar-refractivity contribution in [3.8, 4) is 5.75 Å². The average molecular weight is 416 g/mol. The first-order chi connectivity index (χ1) is 13.8. The number of aryl methyl sites for hydroxylation is 2. The summed E-state index contributed by atoms with van der Waals surface area (Å²) in [6.07, 6.45) is 2.32. The number of anilines is 1. The molecule has 154 valence electrons. The fourth-order valence-electron chi connectivity index (χ4n) is 3.40. The Labute approximate surface area is 176 Å². The number of halogens is 1. The second kappa shape index (κ2) is 9.27. The van der Waals surface area contributed by atoms with E-state index >= 15 is 0 Å². The van der Waals surface area contributed by atoms with Gasteiger partial charge in [-0.2, -0.15) is 0 Å². The van der Waals surface area contributed by atoms with Gasteiger partial charge in [0.2, 0.25) is 5.91 Å². The van der Waals surface area contributed by atoms with Crippen molar-refractivity contribution < 1.29 is 14.3 Å². The van der Waals surface area contributed by atoms with Crippen molar-refractivity contribution in [2.24, 2.45) is 5.92 Å². The fourth-order valence-corrected chi connectivity index (χ4v) is 3.51. The molecule has 3 rings (SSSR count). The van der Waals surface area contributed by atoms with E-state index < -0.39 is 6.10 Å². The summed E-state index contributed by atoms with van der Waals surface area (Å²) < 4.78 is 5.79. The van der Waals surface area contributed by atoms with Crippen LogP contribution in [0.25, 0.3) is 0 Å².